The Kier molecular flexibility index (Phi) is 7.13. The van der Waals surface area contributed by atoms with Gasteiger partial charge in [0.15, 0.2) is 15.8 Å². The van der Waals surface area contributed by atoms with Crippen LogP contribution in [0, 0.1) is 6.92 Å². The van der Waals surface area contributed by atoms with E-state index in [1.54, 1.807) is 33.3 Å². The third-order valence-electron chi connectivity index (χ3n) is 4.96. The van der Waals surface area contributed by atoms with Crippen LogP contribution in [0.1, 0.15) is 16.1 Å². The molecule has 0 spiro atoms. The van der Waals surface area contributed by atoms with Crippen molar-refractivity contribution in [1.29, 1.82) is 0 Å². The van der Waals surface area contributed by atoms with E-state index in [2.05, 4.69) is 20.3 Å². The highest BCUT2D eigenvalue weighted by molar-refractivity contribution is 8.01. The largest absolute Gasteiger partial charge is 0.493 e. The minimum atomic E-state index is -4.48. The number of hydrogen-bond donors (Lipinski definition) is 1. The highest BCUT2D eigenvalue weighted by Gasteiger charge is 2.30. The van der Waals surface area contributed by atoms with Crippen molar-refractivity contribution in [2.75, 3.05) is 19.5 Å². The Labute approximate surface area is 206 Å². The molecule has 35 heavy (non-hydrogen) atoms. The highest BCUT2D eigenvalue weighted by atomic mass is 32.2. The molecule has 182 valence electrons. The van der Waals surface area contributed by atoms with Gasteiger partial charge < -0.3 is 14.8 Å². The first-order chi connectivity index (χ1) is 16.7. The van der Waals surface area contributed by atoms with E-state index in [0.717, 1.165) is 17.5 Å². The molecule has 0 fully saturated rings. The topological polar surface area (TPSA) is 86.2 Å². The fourth-order valence-electron chi connectivity index (χ4n) is 3.26. The molecule has 4 aromatic rings. The number of thiazole rings is 1. The number of fused-ring (bicyclic) bond motifs is 1. The first kappa shape index (κ1) is 24.7. The highest BCUT2D eigenvalue weighted by Crippen LogP contribution is 2.39. The Bertz CT molecular complexity index is 1390. The lowest BCUT2D eigenvalue weighted by Crippen LogP contribution is -2.15. The number of benzene rings is 2. The van der Waals surface area contributed by atoms with Crippen LogP contribution in [-0.2, 0) is 17.4 Å². The van der Waals surface area contributed by atoms with Crippen molar-refractivity contribution >= 4 is 45.6 Å². The zero-order valence-corrected chi connectivity index (χ0v) is 20.4. The number of aromatic nitrogens is 3. The lowest BCUT2D eigenvalue weighted by molar-refractivity contribution is -0.137. The molecule has 0 saturated heterocycles. The number of amides is 1. The van der Waals surface area contributed by atoms with Gasteiger partial charge in [-0.15, -0.1) is 11.3 Å². The summed E-state index contributed by atoms with van der Waals surface area (Å²) in [7, 11) is 3.09. The molecule has 1 N–H and O–H groups in total. The second kappa shape index (κ2) is 10.1. The Morgan fingerprint density at radius 3 is 2.57 bits per heavy atom. The maximum Gasteiger partial charge on any atom is 0.416 e. The molecule has 2 heterocycles. The molecule has 0 aliphatic heterocycles. The van der Waals surface area contributed by atoms with Crippen LogP contribution in [0.4, 0.5) is 18.9 Å². The molecule has 0 aliphatic rings. The van der Waals surface area contributed by atoms with Gasteiger partial charge in [-0.25, -0.2) is 15.0 Å². The van der Waals surface area contributed by atoms with Gasteiger partial charge in [0.2, 0.25) is 5.91 Å². The predicted molar refractivity (Wildman–Crippen MR) is 127 cm³/mol. The molecule has 1 amide bonds. The first-order valence-electron chi connectivity index (χ1n) is 10.2. The monoisotopic (exact) mass is 520 g/mol. The number of carbonyl (C=O) groups is 1. The summed E-state index contributed by atoms with van der Waals surface area (Å²) in [6, 6.07) is 8.08. The minimum Gasteiger partial charge on any atom is -0.493 e. The average molecular weight is 521 g/mol. The normalized spacial score (nSPS) is 11.5. The van der Waals surface area contributed by atoms with E-state index in [1.807, 2.05) is 0 Å². The van der Waals surface area contributed by atoms with Gasteiger partial charge in [0.05, 0.1) is 37.4 Å². The van der Waals surface area contributed by atoms with Crippen LogP contribution < -0.4 is 14.8 Å². The van der Waals surface area contributed by atoms with Crippen molar-refractivity contribution in [3.8, 4) is 11.5 Å². The molecule has 0 saturated carbocycles. The van der Waals surface area contributed by atoms with E-state index in [0.29, 0.717) is 37.0 Å². The Morgan fingerprint density at radius 2 is 1.86 bits per heavy atom. The third kappa shape index (κ3) is 5.65. The van der Waals surface area contributed by atoms with Gasteiger partial charge in [-0.2, -0.15) is 13.2 Å². The number of nitrogens with one attached hydrogen (secondary N) is 1. The van der Waals surface area contributed by atoms with E-state index < -0.39 is 17.6 Å². The Balaban J connectivity index is 1.51. The van der Waals surface area contributed by atoms with Crippen LogP contribution in [0.3, 0.4) is 0 Å². The van der Waals surface area contributed by atoms with Gasteiger partial charge in [-0.3, -0.25) is 4.79 Å². The number of halogens is 3. The van der Waals surface area contributed by atoms with Gasteiger partial charge in [0.25, 0.3) is 0 Å². The van der Waals surface area contributed by atoms with Crippen LogP contribution in [0.25, 0.3) is 10.9 Å². The van der Waals surface area contributed by atoms with Crippen LogP contribution in [-0.4, -0.2) is 35.1 Å². The summed E-state index contributed by atoms with van der Waals surface area (Å²) in [5, 5.41) is 3.94. The van der Waals surface area contributed by atoms with E-state index in [9.17, 15) is 18.0 Å². The first-order valence-corrected chi connectivity index (χ1v) is 11.8. The lowest BCUT2D eigenvalue weighted by atomic mass is 10.2. The minimum absolute atomic E-state index is 0.0180. The quantitative estimate of drug-likeness (QED) is 0.310. The molecule has 0 bridgehead atoms. The van der Waals surface area contributed by atoms with E-state index >= 15 is 0 Å². The molecule has 0 radical (unpaired) electrons. The van der Waals surface area contributed by atoms with E-state index in [1.165, 1.54) is 41.6 Å². The van der Waals surface area contributed by atoms with Crippen molar-refractivity contribution in [3.63, 3.8) is 0 Å². The summed E-state index contributed by atoms with van der Waals surface area (Å²) in [6.45, 7) is 1.78. The zero-order chi connectivity index (χ0) is 25.2. The van der Waals surface area contributed by atoms with Crippen LogP contribution in [0.15, 0.2) is 52.1 Å². The van der Waals surface area contributed by atoms with Gasteiger partial charge in [0, 0.05) is 22.0 Å². The molecule has 12 heteroatoms. The van der Waals surface area contributed by atoms with Gasteiger partial charge in [-0.1, -0.05) is 6.07 Å². The standard InChI is InChI=1S/C23H19F3N4O3S2/c1-12-19(10-20(31)30-14-6-4-5-13(7-14)23(24,25)26)34-22(29-12)35-21-15-8-17(32-2)18(33-3)9-16(15)27-11-28-21/h4-9,11H,10H2,1-3H3,(H,30,31). The second-order valence-corrected chi connectivity index (χ2v) is 9.62. The number of hydrogen-bond acceptors (Lipinski definition) is 8. The molecule has 0 aliphatic carbocycles. The van der Waals surface area contributed by atoms with E-state index in [4.69, 9.17) is 9.47 Å². The summed E-state index contributed by atoms with van der Waals surface area (Å²) in [5.41, 5.74) is 0.594. The molecule has 7 nitrogen and oxygen atoms in total. The number of carbonyl (C=O) groups excluding carboxylic acids is 1. The van der Waals surface area contributed by atoms with Crippen molar-refractivity contribution in [2.45, 2.75) is 28.9 Å². The molecule has 2 aromatic carbocycles. The molecule has 0 atom stereocenters. The van der Waals surface area contributed by atoms with Gasteiger partial charge >= 0.3 is 6.18 Å². The van der Waals surface area contributed by atoms with Gasteiger partial charge in [-0.05, 0) is 43.0 Å². The maximum absolute atomic E-state index is 12.9. The third-order valence-corrected chi connectivity index (χ3v) is 7.19. The number of rotatable bonds is 7. The Hall–Kier alpha value is -3.38. The fraction of sp³-hybridized carbons (Fsp3) is 0.217. The molecule has 2 aromatic heterocycles. The summed E-state index contributed by atoms with van der Waals surface area (Å²) >= 11 is 2.65. The smallest absolute Gasteiger partial charge is 0.416 e. The number of alkyl halides is 3. The van der Waals surface area contributed by atoms with Crippen LogP contribution in [0.2, 0.25) is 0 Å². The molecular weight excluding hydrogens is 501 g/mol. The Morgan fingerprint density at radius 1 is 1.11 bits per heavy atom. The fourth-order valence-corrected chi connectivity index (χ4v) is 5.47. The molecule has 0 unspecified atom stereocenters. The summed E-state index contributed by atoms with van der Waals surface area (Å²) in [6.07, 6.45) is -3.06. The van der Waals surface area contributed by atoms with Crippen molar-refractivity contribution < 1.29 is 27.4 Å². The number of aryl methyl sites for hydroxylation is 1. The van der Waals surface area contributed by atoms with E-state index in [-0.39, 0.29) is 12.1 Å². The SMILES string of the molecule is COc1cc2ncnc(Sc3nc(C)c(CC(=O)Nc4cccc(C(F)(F)F)c4)s3)c2cc1OC. The average Bonchev–Trinajstić information content (AvgIpc) is 3.16. The summed E-state index contributed by atoms with van der Waals surface area (Å²) in [4.78, 5) is 26.4. The van der Waals surface area contributed by atoms with Crippen LogP contribution in [0.5, 0.6) is 11.5 Å². The predicted octanol–water partition coefficient (Wildman–Crippen LogP) is 5.76. The zero-order valence-electron chi connectivity index (χ0n) is 18.8. The lowest BCUT2D eigenvalue weighted by Gasteiger charge is -2.10. The molecular formula is C23H19F3N4O3S2. The summed E-state index contributed by atoms with van der Waals surface area (Å²) < 4.78 is 50.1. The van der Waals surface area contributed by atoms with Gasteiger partial charge in [0.1, 0.15) is 11.4 Å². The number of ether oxygens (including phenoxy) is 2. The second-order valence-electron chi connectivity index (χ2n) is 7.30. The maximum atomic E-state index is 12.9. The molecule has 4 rings (SSSR count). The van der Waals surface area contributed by atoms with Crippen molar-refractivity contribution in [2.24, 2.45) is 0 Å². The number of nitrogens with zero attached hydrogens (tertiary/aromatic N) is 3. The number of anilines is 1. The van der Waals surface area contributed by atoms with Crippen LogP contribution >= 0.6 is 23.1 Å². The summed E-state index contributed by atoms with van der Waals surface area (Å²) in [5.74, 6) is 0.657. The van der Waals surface area contributed by atoms with Crippen molar-refractivity contribution in [3.05, 3.63) is 58.9 Å². The van der Waals surface area contributed by atoms with Crippen molar-refractivity contribution in [1.82, 2.24) is 15.0 Å². The number of methoxy groups -OCH3 is 2.